The van der Waals surface area contributed by atoms with Gasteiger partial charge in [-0.2, -0.15) is 0 Å². The van der Waals surface area contributed by atoms with Gasteiger partial charge in [0.25, 0.3) is 0 Å². The number of carbonyl (C=O) groups is 2. The summed E-state index contributed by atoms with van der Waals surface area (Å²) in [5.41, 5.74) is 0. The van der Waals surface area contributed by atoms with Gasteiger partial charge in [-0.25, -0.2) is 0 Å². The topological polar surface area (TPSA) is 86.6 Å². The average molecular weight is 215 g/mol. The summed E-state index contributed by atoms with van der Waals surface area (Å²) in [6.07, 6.45) is 1.64. The largest absolute Gasteiger partial charge is 0.481 e. The van der Waals surface area contributed by atoms with Crippen molar-refractivity contribution >= 4 is 11.9 Å². The maximum atomic E-state index is 11.3. The Bertz CT molecular complexity index is 240. The summed E-state index contributed by atoms with van der Waals surface area (Å²) in [4.78, 5) is 22.0. The molecule has 0 aliphatic rings. The van der Waals surface area contributed by atoms with Crippen LogP contribution in [0.3, 0.4) is 0 Å². The van der Waals surface area contributed by atoms with Crippen molar-refractivity contribution in [2.24, 2.45) is 5.92 Å². The first-order valence-electron chi connectivity index (χ1n) is 4.75. The predicted octanol–water partition coefficient (Wildman–Crippen LogP) is 0.150. The molecule has 15 heavy (non-hydrogen) atoms. The van der Waals surface area contributed by atoms with Gasteiger partial charge in [-0.05, 0) is 13.3 Å². The number of aliphatic hydroxyl groups excluding tert-OH is 1. The van der Waals surface area contributed by atoms with Gasteiger partial charge in [0.05, 0.1) is 12.5 Å². The smallest absolute Gasteiger partial charge is 0.307 e. The SMILES string of the molecule is C=CC[C@H](CC(=O)N[C@H](C)CO)C(=O)O. The Morgan fingerprint density at radius 2 is 2.13 bits per heavy atom. The predicted molar refractivity (Wildman–Crippen MR) is 55.2 cm³/mol. The minimum atomic E-state index is -1.01. The fourth-order valence-corrected chi connectivity index (χ4v) is 1.08. The molecule has 3 N–H and O–H groups in total. The Morgan fingerprint density at radius 1 is 1.53 bits per heavy atom. The molecule has 86 valence electrons. The molecular weight excluding hydrogens is 198 g/mol. The molecule has 0 radical (unpaired) electrons. The van der Waals surface area contributed by atoms with Crippen molar-refractivity contribution in [3.63, 3.8) is 0 Å². The molecule has 5 nitrogen and oxygen atoms in total. The average Bonchev–Trinajstić information content (AvgIpc) is 2.16. The fourth-order valence-electron chi connectivity index (χ4n) is 1.08. The van der Waals surface area contributed by atoms with E-state index in [1.807, 2.05) is 0 Å². The standard InChI is InChI=1S/C10H17NO4/c1-3-4-8(10(14)15)5-9(13)11-7(2)6-12/h3,7-8,12H,1,4-6H2,2H3,(H,11,13)(H,14,15)/t7-,8-/m1/s1. The van der Waals surface area contributed by atoms with Crippen LogP contribution in [0.25, 0.3) is 0 Å². The van der Waals surface area contributed by atoms with E-state index in [9.17, 15) is 9.59 Å². The summed E-state index contributed by atoms with van der Waals surface area (Å²) < 4.78 is 0. The van der Waals surface area contributed by atoms with E-state index >= 15 is 0 Å². The highest BCUT2D eigenvalue weighted by atomic mass is 16.4. The monoisotopic (exact) mass is 215 g/mol. The van der Waals surface area contributed by atoms with Gasteiger partial charge in [-0.1, -0.05) is 6.08 Å². The summed E-state index contributed by atoms with van der Waals surface area (Å²) in [7, 11) is 0. The molecule has 0 aromatic carbocycles. The number of hydrogen-bond acceptors (Lipinski definition) is 3. The van der Waals surface area contributed by atoms with Crippen LogP contribution in [0.4, 0.5) is 0 Å². The summed E-state index contributed by atoms with van der Waals surface area (Å²) in [5.74, 6) is -2.12. The molecule has 0 saturated carbocycles. The Hall–Kier alpha value is -1.36. The van der Waals surface area contributed by atoms with Crippen LogP contribution in [0.5, 0.6) is 0 Å². The van der Waals surface area contributed by atoms with Crippen LogP contribution in [0.2, 0.25) is 0 Å². The highest BCUT2D eigenvalue weighted by molar-refractivity contribution is 5.82. The molecule has 1 amide bonds. The van der Waals surface area contributed by atoms with E-state index in [1.54, 1.807) is 6.92 Å². The third-order valence-electron chi connectivity index (χ3n) is 1.91. The summed E-state index contributed by atoms with van der Waals surface area (Å²) in [5, 5.41) is 19.9. The molecule has 0 aliphatic carbocycles. The van der Waals surface area contributed by atoms with Gasteiger partial charge in [-0.3, -0.25) is 9.59 Å². The molecular formula is C10H17NO4. The quantitative estimate of drug-likeness (QED) is 0.528. The molecule has 0 rings (SSSR count). The van der Waals surface area contributed by atoms with E-state index in [4.69, 9.17) is 10.2 Å². The van der Waals surface area contributed by atoms with Crippen LogP contribution in [0.1, 0.15) is 19.8 Å². The van der Waals surface area contributed by atoms with Gasteiger partial charge in [0.1, 0.15) is 0 Å². The van der Waals surface area contributed by atoms with E-state index in [-0.39, 0.29) is 31.4 Å². The van der Waals surface area contributed by atoms with Crippen molar-refractivity contribution in [3.8, 4) is 0 Å². The lowest BCUT2D eigenvalue weighted by Crippen LogP contribution is -2.36. The Labute approximate surface area is 88.8 Å². The molecule has 0 saturated heterocycles. The van der Waals surface area contributed by atoms with Crippen molar-refractivity contribution in [3.05, 3.63) is 12.7 Å². The lowest BCUT2D eigenvalue weighted by atomic mass is 10.0. The zero-order valence-electron chi connectivity index (χ0n) is 8.77. The summed E-state index contributed by atoms with van der Waals surface area (Å²) in [6, 6.07) is -0.351. The van der Waals surface area contributed by atoms with Gasteiger partial charge in [-0.15, -0.1) is 6.58 Å². The van der Waals surface area contributed by atoms with E-state index in [2.05, 4.69) is 11.9 Å². The number of allylic oxidation sites excluding steroid dienone is 1. The van der Waals surface area contributed by atoms with Crippen LogP contribution in [-0.4, -0.2) is 34.7 Å². The molecule has 0 unspecified atom stereocenters. The van der Waals surface area contributed by atoms with Crippen molar-refractivity contribution in [2.45, 2.75) is 25.8 Å². The number of carboxylic acids is 1. The number of nitrogens with one attached hydrogen (secondary N) is 1. The Balaban J connectivity index is 4.10. The Morgan fingerprint density at radius 3 is 2.53 bits per heavy atom. The second-order valence-electron chi connectivity index (χ2n) is 3.41. The number of carbonyl (C=O) groups excluding carboxylic acids is 1. The maximum Gasteiger partial charge on any atom is 0.307 e. The molecule has 0 spiro atoms. The van der Waals surface area contributed by atoms with Gasteiger partial charge < -0.3 is 15.5 Å². The maximum absolute atomic E-state index is 11.3. The molecule has 0 fully saturated rings. The van der Waals surface area contributed by atoms with Crippen LogP contribution in [0, 0.1) is 5.92 Å². The fraction of sp³-hybridized carbons (Fsp3) is 0.600. The van der Waals surface area contributed by atoms with E-state index in [0.717, 1.165) is 0 Å². The third kappa shape index (κ3) is 5.85. The molecule has 2 atom stereocenters. The van der Waals surface area contributed by atoms with Crippen molar-refractivity contribution in [1.29, 1.82) is 0 Å². The molecule has 0 aromatic heterocycles. The number of hydrogen-bond donors (Lipinski definition) is 3. The highest BCUT2D eigenvalue weighted by Crippen LogP contribution is 2.09. The molecule has 5 heteroatoms. The first-order chi connectivity index (χ1) is 7.01. The minimum Gasteiger partial charge on any atom is -0.481 e. The van der Waals surface area contributed by atoms with Gasteiger partial charge >= 0.3 is 5.97 Å². The summed E-state index contributed by atoms with van der Waals surface area (Å²) >= 11 is 0. The van der Waals surface area contributed by atoms with Crippen LogP contribution >= 0.6 is 0 Å². The van der Waals surface area contributed by atoms with Crippen molar-refractivity contribution in [1.82, 2.24) is 5.32 Å². The van der Waals surface area contributed by atoms with E-state index in [0.29, 0.717) is 0 Å². The molecule has 0 aromatic rings. The van der Waals surface area contributed by atoms with Crippen molar-refractivity contribution < 1.29 is 19.8 Å². The highest BCUT2D eigenvalue weighted by Gasteiger charge is 2.20. The van der Waals surface area contributed by atoms with Gasteiger partial charge in [0.2, 0.25) is 5.91 Å². The second kappa shape index (κ2) is 7.00. The van der Waals surface area contributed by atoms with E-state index in [1.165, 1.54) is 6.08 Å². The zero-order valence-corrected chi connectivity index (χ0v) is 8.77. The molecule has 0 heterocycles. The minimum absolute atomic E-state index is 0.0916. The van der Waals surface area contributed by atoms with Crippen LogP contribution in [0.15, 0.2) is 12.7 Å². The Kier molecular flexibility index (Phi) is 6.37. The second-order valence-corrected chi connectivity index (χ2v) is 3.41. The lowest BCUT2D eigenvalue weighted by molar-refractivity contribution is -0.144. The number of carboxylic acid groups (broad SMARTS) is 1. The van der Waals surface area contributed by atoms with Crippen LogP contribution < -0.4 is 5.32 Å². The first-order valence-corrected chi connectivity index (χ1v) is 4.75. The number of amides is 1. The van der Waals surface area contributed by atoms with Gasteiger partial charge in [0.15, 0.2) is 0 Å². The van der Waals surface area contributed by atoms with Crippen molar-refractivity contribution in [2.75, 3.05) is 6.61 Å². The molecule has 0 aliphatic heterocycles. The lowest BCUT2D eigenvalue weighted by Gasteiger charge is -2.13. The first kappa shape index (κ1) is 13.6. The third-order valence-corrected chi connectivity index (χ3v) is 1.91. The van der Waals surface area contributed by atoms with Gasteiger partial charge in [0, 0.05) is 12.5 Å². The number of rotatable bonds is 7. The van der Waals surface area contributed by atoms with E-state index < -0.39 is 11.9 Å². The normalized spacial score (nSPS) is 14.0. The number of aliphatic carboxylic acids is 1. The molecule has 0 bridgehead atoms. The number of aliphatic hydroxyl groups is 1. The summed E-state index contributed by atoms with van der Waals surface area (Å²) in [6.45, 7) is 4.91. The van der Waals surface area contributed by atoms with Crippen LogP contribution in [-0.2, 0) is 9.59 Å². The zero-order chi connectivity index (χ0) is 11.8.